The summed E-state index contributed by atoms with van der Waals surface area (Å²) in [5.41, 5.74) is 2.44. The molecular formula is C33H35O3P. The van der Waals surface area contributed by atoms with Crippen molar-refractivity contribution in [2.45, 2.75) is 46.0 Å². The summed E-state index contributed by atoms with van der Waals surface area (Å²) >= 11 is 0. The molecule has 0 bridgehead atoms. The Balaban J connectivity index is 1.40. The third-order valence-corrected chi connectivity index (χ3v) is 8.86. The lowest BCUT2D eigenvalue weighted by Gasteiger charge is -2.20. The van der Waals surface area contributed by atoms with Crippen LogP contribution >= 0.6 is 7.92 Å². The smallest absolute Gasteiger partial charge is 0.163 e. The number of Topliss-reactive ketones (excluding diaryl/α,β-unsaturated/α-hetero) is 1. The van der Waals surface area contributed by atoms with Gasteiger partial charge in [0.25, 0.3) is 0 Å². The highest BCUT2D eigenvalue weighted by Crippen LogP contribution is 2.34. The number of phenolic OH excluding ortho intramolecular Hbond substituents is 1. The largest absolute Gasteiger partial charge is 0.507 e. The number of ether oxygens (including phenoxy) is 1. The number of carbonyl (C=O) groups is 1. The molecule has 3 nitrogen and oxygen atoms in total. The van der Waals surface area contributed by atoms with Gasteiger partial charge in [-0.2, -0.15) is 0 Å². The first-order chi connectivity index (χ1) is 18.1. The van der Waals surface area contributed by atoms with Crippen LogP contribution in [0.15, 0.2) is 97.1 Å². The van der Waals surface area contributed by atoms with Gasteiger partial charge in [0.1, 0.15) is 11.5 Å². The number of rotatable bonds is 12. The Labute approximate surface area is 221 Å². The molecule has 4 aromatic carbocycles. The van der Waals surface area contributed by atoms with Crippen molar-refractivity contribution in [3.05, 3.63) is 114 Å². The second kappa shape index (κ2) is 13.2. The fraction of sp³-hybridized carbons (Fsp3) is 0.242. The molecular weight excluding hydrogens is 475 g/mol. The Hall–Kier alpha value is -3.42. The van der Waals surface area contributed by atoms with Gasteiger partial charge in [-0.3, -0.25) is 4.79 Å². The van der Waals surface area contributed by atoms with E-state index in [4.69, 9.17) is 4.74 Å². The molecule has 190 valence electrons. The third kappa shape index (κ3) is 6.87. The summed E-state index contributed by atoms with van der Waals surface area (Å²) in [6, 6.07) is 34.1. The number of phenols is 1. The molecule has 0 amide bonds. The molecule has 0 aliphatic carbocycles. The van der Waals surface area contributed by atoms with Gasteiger partial charge in [-0.05, 0) is 74.1 Å². The number of benzene rings is 4. The van der Waals surface area contributed by atoms with E-state index in [0.29, 0.717) is 24.3 Å². The Kier molecular flexibility index (Phi) is 9.52. The highest BCUT2D eigenvalue weighted by atomic mass is 31.1. The van der Waals surface area contributed by atoms with Crippen molar-refractivity contribution in [2.24, 2.45) is 0 Å². The number of hydrogen-bond donors (Lipinski definition) is 1. The maximum Gasteiger partial charge on any atom is 0.163 e. The van der Waals surface area contributed by atoms with Crippen LogP contribution in [-0.4, -0.2) is 17.5 Å². The quantitative estimate of drug-likeness (QED) is 0.131. The number of ketones is 1. The first-order valence-corrected chi connectivity index (χ1v) is 14.4. The Bertz CT molecular complexity index is 1260. The molecule has 0 fully saturated rings. The normalized spacial score (nSPS) is 11.0. The average Bonchev–Trinajstić information content (AvgIpc) is 2.92. The maximum atomic E-state index is 11.8. The molecule has 0 heterocycles. The third-order valence-electron chi connectivity index (χ3n) is 6.43. The van der Waals surface area contributed by atoms with E-state index in [1.165, 1.54) is 28.4 Å². The van der Waals surface area contributed by atoms with Crippen LogP contribution in [-0.2, 0) is 12.8 Å². The Morgan fingerprint density at radius 2 is 1.43 bits per heavy atom. The van der Waals surface area contributed by atoms with E-state index in [2.05, 4.69) is 91.9 Å². The number of aromatic hydroxyl groups is 1. The predicted molar refractivity (Wildman–Crippen MR) is 156 cm³/mol. The molecule has 0 saturated heterocycles. The zero-order valence-corrected chi connectivity index (χ0v) is 22.6. The standard InChI is InChI=1S/C33H35O3P/c1-3-13-31-32(22-21-30(25(2)34)33(31)35)36-23-11-10-14-26-15-12-20-29(24-26)37(27-16-6-4-7-17-27)28-18-8-5-9-19-28/h4-9,12,15-22,24,35H,3,10-11,13-14,23H2,1-2H3. The SMILES string of the molecule is CCCc1c(OCCCCc2cccc(P(c3ccccc3)c3ccccc3)c2)ccc(C(C)=O)c1O. The molecule has 0 unspecified atom stereocenters. The van der Waals surface area contributed by atoms with Crippen LogP contribution in [0.2, 0.25) is 0 Å². The van der Waals surface area contributed by atoms with Crippen molar-refractivity contribution in [3.63, 3.8) is 0 Å². The minimum Gasteiger partial charge on any atom is -0.507 e. The minimum absolute atomic E-state index is 0.0667. The second-order valence-corrected chi connectivity index (χ2v) is 11.4. The van der Waals surface area contributed by atoms with Crippen LogP contribution in [0.5, 0.6) is 11.5 Å². The molecule has 4 heteroatoms. The lowest BCUT2D eigenvalue weighted by Crippen LogP contribution is -2.20. The van der Waals surface area contributed by atoms with Crippen molar-refractivity contribution in [2.75, 3.05) is 6.61 Å². The second-order valence-electron chi connectivity index (χ2n) is 9.23. The number of hydrogen-bond acceptors (Lipinski definition) is 3. The molecule has 0 saturated carbocycles. The molecule has 4 aromatic rings. The lowest BCUT2D eigenvalue weighted by molar-refractivity contribution is 0.101. The van der Waals surface area contributed by atoms with Gasteiger partial charge >= 0.3 is 0 Å². The number of carbonyl (C=O) groups excluding carboxylic acids is 1. The lowest BCUT2D eigenvalue weighted by atomic mass is 10.0. The molecule has 0 aliphatic rings. The van der Waals surface area contributed by atoms with Crippen LogP contribution in [0.3, 0.4) is 0 Å². The van der Waals surface area contributed by atoms with Gasteiger partial charge in [0, 0.05) is 5.56 Å². The number of unbranched alkanes of at least 4 members (excludes halogenated alkanes) is 1. The summed E-state index contributed by atoms with van der Waals surface area (Å²) in [4.78, 5) is 11.8. The van der Waals surface area contributed by atoms with Gasteiger partial charge in [-0.15, -0.1) is 0 Å². The predicted octanol–water partition coefficient (Wildman–Crippen LogP) is 6.71. The Morgan fingerprint density at radius 3 is 2.05 bits per heavy atom. The molecule has 0 aromatic heterocycles. The van der Waals surface area contributed by atoms with Gasteiger partial charge in [0.05, 0.1) is 12.2 Å². The van der Waals surface area contributed by atoms with E-state index in [-0.39, 0.29) is 11.5 Å². The van der Waals surface area contributed by atoms with Crippen LogP contribution in [0.1, 0.15) is 54.6 Å². The zero-order valence-electron chi connectivity index (χ0n) is 21.7. The monoisotopic (exact) mass is 510 g/mol. The summed E-state index contributed by atoms with van der Waals surface area (Å²) in [6.45, 7) is 4.11. The minimum atomic E-state index is -0.605. The van der Waals surface area contributed by atoms with Crippen LogP contribution in [0.4, 0.5) is 0 Å². The highest BCUT2D eigenvalue weighted by Gasteiger charge is 2.17. The van der Waals surface area contributed by atoms with Crippen LogP contribution < -0.4 is 20.7 Å². The van der Waals surface area contributed by atoms with Gasteiger partial charge in [0.2, 0.25) is 0 Å². The van der Waals surface area contributed by atoms with Gasteiger partial charge < -0.3 is 9.84 Å². The van der Waals surface area contributed by atoms with E-state index in [0.717, 1.165) is 31.2 Å². The van der Waals surface area contributed by atoms with Gasteiger partial charge in [-0.25, -0.2) is 0 Å². The topological polar surface area (TPSA) is 46.5 Å². The van der Waals surface area contributed by atoms with E-state index in [9.17, 15) is 9.90 Å². The summed E-state index contributed by atoms with van der Waals surface area (Å²) in [6.07, 6.45) is 4.47. The molecule has 0 radical (unpaired) electrons. The number of aryl methyl sites for hydroxylation is 1. The van der Waals surface area contributed by atoms with Crippen LogP contribution in [0, 0.1) is 0 Å². The highest BCUT2D eigenvalue weighted by molar-refractivity contribution is 7.79. The average molecular weight is 511 g/mol. The van der Waals surface area contributed by atoms with Gasteiger partial charge in [0.15, 0.2) is 5.78 Å². The summed E-state index contributed by atoms with van der Waals surface area (Å²) < 4.78 is 6.05. The summed E-state index contributed by atoms with van der Waals surface area (Å²) in [5.74, 6) is 0.617. The molecule has 0 aliphatic heterocycles. The summed E-state index contributed by atoms with van der Waals surface area (Å²) in [5, 5.41) is 14.6. The van der Waals surface area contributed by atoms with E-state index < -0.39 is 7.92 Å². The van der Waals surface area contributed by atoms with Crippen molar-refractivity contribution < 1.29 is 14.6 Å². The molecule has 4 rings (SSSR count). The molecule has 0 atom stereocenters. The van der Waals surface area contributed by atoms with Crippen molar-refractivity contribution in [1.82, 2.24) is 0 Å². The molecule has 37 heavy (non-hydrogen) atoms. The molecule has 1 N–H and O–H groups in total. The van der Waals surface area contributed by atoms with Crippen molar-refractivity contribution in [1.29, 1.82) is 0 Å². The fourth-order valence-electron chi connectivity index (χ4n) is 4.59. The van der Waals surface area contributed by atoms with Gasteiger partial charge in [-0.1, -0.05) is 98.3 Å². The van der Waals surface area contributed by atoms with E-state index >= 15 is 0 Å². The molecule has 0 spiro atoms. The first kappa shape index (κ1) is 26.6. The van der Waals surface area contributed by atoms with Crippen LogP contribution in [0.25, 0.3) is 0 Å². The Morgan fingerprint density at radius 1 is 0.784 bits per heavy atom. The maximum absolute atomic E-state index is 11.8. The zero-order chi connectivity index (χ0) is 26.0. The van der Waals surface area contributed by atoms with E-state index in [1.807, 2.05) is 6.07 Å². The van der Waals surface area contributed by atoms with Crippen molar-refractivity contribution >= 4 is 29.6 Å². The fourth-order valence-corrected chi connectivity index (χ4v) is 6.96. The summed E-state index contributed by atoms with van der Waals surface area (Å²) in [7, 11) is -0.605. The first-order valence-electron chi connectivity index (χ1n) is 13.1. The van der Waals surface area contributed by atoms with E-state index in [1.54, 1.807) is 6.07 Å². The van der Waals surface area contributed by atoms with Crippen molar-refractivity contribution in [3.8, 4) is 11.5 Å².